The number of amides is 1. The second-order valence-corrected chi connectivity index (χ2v) is 6.61. The van der Waals surface area contributed by atoms with Crippen molar-refractivity contribution in [3.8, 4) is 11.5 Å². The number of carbonyl (C=O) groups excluding carboxylic acids is 1. The fourth-order valence-corrected chi connectivity index (χ4v) is 3.23. The number of hydrogen-bond donors (Lipinski definition) is 1. The Bertz CT molecular complexity index is 1090. The van der Waals surface area contributed by atoms with Gasteiger partial charge >= 0.3 is 0 Å². The van der Waals surface area contributed by atoms with E-state index in [9.17, 15) is 9.59 Å². The second kappa shape index (κ2) is 6.45. The van der Waals surface area contributed by atoms with Gasteiger partial charge in [-0.1, -0.05) is 18.2 Å². The van der Waals surface area contributed by atoms with Gasteiger partial charge in [0.15, 0.2) is 17.2 Å². The van der Waals surface area contributed by atoms with Crippen molar-refractivity contribution in [2.45, 2.75) is 0 Å². The highest BCUT2D eigenvalue weighted by molar-refractivity contribution is 9.10. The number of aromatic nitrogens is 2. The molecule has 1 amide bonds. The molecule has 7 nitrogen and oxygen atoms in total. The van der Waals surface area contributed by atoms with Crippen LogP contribution in [-0.2, 0) is 7.05 Å². The number of aryl methyl sites for hydroxylation is 1. The number of ether oxygens (including phenoxy) is 2. The maximum absolute atomic E-state index is 12.8. The normalized spacial score (nSPS) is 12.8. The Kier molecular flexibility index (Phi) is 4.12. The number of nitrogens with one attached hydrogen (secondary N) is 1. The third-order valence-electron chi connectivity index (χ3n) is 4.05. The average Bonchev–Trinajstić information content (AvgIpc) is 2.65. The number of carbonyl (C=O) groups is 1. The summed E-state index contributed by atoms with van der Waals surface area (Å²) in [6.45, 7) is 0.939. The fraction of sp³-hybridized carbons (Fsp3) is 0.167. The highest BCUT2D eigenvalue weighted by Crippen LogP contribution is 2.38. The van der Waals surface area contributed by atoms with E-state index in [1.807, 2.05) is 0 Å². The zero-order chi connectivity index (χ0) is 18.3. The van der Waals surface area contributed by atoms with E-state index in [1.165, 1.54) is 7.05 Å². The van der Waals surface area contributed by atoms with Crippen molar-refractivity contribution in [1.82, 2.24) is 9.78 Å². The number of anilines is 1. The molecular formula is C18H14BrN3O4. The van der Waals surface area contributed by atoms with Gasteiger partial charge in [0.1, 0.15) is 13.2 Å². The lowest BCUT2D eigenvalue weighted by molar-refractivity contribution is 0.102. The molecule has 0 radical (unpaired) electrons. The molecule has 0 fully saturated rings. The van der Waals surface area contributed by atoms with Gasteiger partial charge in [0, 0.05) is 29.0 Å². The van der Waals surface area contributed by atoms with Crippen LogP contribution in [0.25, 0.3) is 10.8 Å². The molecule has 0 bridgehead atoms. The fourth-order valence-electron chi connectivity index (χ4n) is 2.81. The molecule has 3 aromatic rings. The highest BCUT2D eigenvalue weighted by atomic mass is 79.9. The van der Waals surface area contributed by atoms with Gasteiger partial charge < -0.3 is 14.8 Å². The largest absolute Gasteiger partial charge is 0.486 e. The number of hydrogen-bond acceptors (Lipinski definition) is 5. The third kappa shape index (κ3) is 2.82. The van der Waals surface area contributed by atoms with E-state index in [2.05, 4.69) is 26.3 Å². The van der Waals surface area contributed by atoms with Crippen LogP contribution in [0.15, 0.2) is 45.7 Å². The number of halogens is 1. The SMILES string of the molecule is Cn1nc(C(=O)Nc2cc3c(cc2Br)OCCO3)c2ccccc2c1=O. The summed E-state index contributed by atoms with van der Waals surface area (Å²) in [7, 11) is 1.52. The minimum atomic E-state index is -0.422. The standard InChI is InChI=1S/C18H14BrN3O4/c1-22-18(24)11-5-3-2-4-10(11)16(21-22)17(23)20-13-9-15-14(8-12(13)19)25-6-7-26-15/h2-5,8-9H,6-7H2,1H3,(H,20,23). The number of benzene rings is 2. The smallest absolute Gasteiger partial charge is 0.276 e. The minimum absolute atomic E-state index is 0.171. The van der Waals surface area contributed by atoms with Crippen LogP contribution in [0.1, 0.15) is 10.5 Å². The third-order valence-corrected chi connectivity index (χ3v) is 4.71. The van der Waals surface area contributed by atoms with Gasteiger partial charge in [-0.3, -0.25) is 9.59 Å². The summed E-state index contributed by atoms with van der Waals surface area (Å²) in [6, 6.07) is 10.3. The summed E-state index contributed by atoms with van der Waals surface area (Å²) in [5.41, 5.74) is 0.445. The van der Waals surface area contributed by atoms with E-state index in [1.54, 1.807) is 36.4 Å². The molecule has 0 atom stereocenters. The molecule has 1 N–H and O–H groups in total. The van der Waals surface area contributed by atoms with Gasteiger partial charge in [-0.15, -0.1) is 0 Å². The van der Waals surface area contributed by atoms with Crippen molar-refractivity contribution >= 4 is 38.3 Å². The second-order valence-electron chi connectivity index (χ2n) is 5.75. The summed E-state index contributed by atoms with van der Waals surface area (Å²) < 4.78 is 12.9. The molecule has 1 aliphatic heterocycles. The summed E-state index contributed by atoms with van der Waals surface area (Å²) in [6.07, 6.45) is 0. The molecule has 2 heterocycles. The number of nitrogens with zero attached hydrogens (tertiary/aromatic N) is 2. The Balaban J connectivity index is 1.75. The van der Waals surface area contributed by atoms with E-state index in [0.29, 0.717) is 45.6 Å². The molecule has 26 heavy (non-hydrogen) atoms. The number of rotatable bonds is 2. The topological polar surface area (TPSA) is 82.5 Å². The summed E-state index contributed by atoms with van der Waals surface area (Å²) in [4.78, 5) is 25.0. The van der Waals surface area contributed by atoms with Crippen LogP contribution in [0, 0.1) is 0 Å². The Morgan fingerprint density at radius 1 is 1.15 bits per heavy atom. The molecule has 0 saturated carbocycles. The Labute approximate surface area is 156 Å². The van der Waals surface area contributed by atoms with Crippen molar-refractivity contribution in [2.24, 2.45) is 7.05 Å². The molecule has 0 saturated heterocycles. The van der Waals surface area contributed by atoms with Crippen LogP contribution in [0.3, 0.4) is 0 Å². The van der Waals surface area contributed by atoms with Crippen molar-refractivity contribution in [3.05, 3.63) is 56.9 Å². The maximum atomic E-state index is 12.8. The molecule has 132 valence electrons. The van der Waals surface area contributed by atoms with Gasteiger partial charge in [0.05, 0.1) is 11.1 Å². The number of fused-ring (bicyclic) bond motifs is 2. The molecule has 1 aromatic heterocycles. The van der Waals surface area contributed by atoms with Gasteiger partial charge in [-0.05, 0) is 22.0 Å². The predicted molar refractivity (Wildman–Crippen MR) is 100 cm³/mol. The van der Waals surface area contributed by atoms with Gasteiger partial charge in [-0.2, -0.15) is 5.10 Å². The lowest BCUT2D eigenvalue weighted by Gasteiger charge is -2.20. The first kappa shape index (κ1) is 16.6. The molecule has 0 unspecified atom stereocenters. The van der Waals surface area contributed by atoms with Crippen LogP contribution in [0.4, 0.5) is 5.69 Å². The Hall–Kier alpha value is -2.87. The van der Waals surface area contributed by atoms with Crippen LogP contribution in [0.2, 0.25) is 0 Å². The molecule has 1 aliphatic rings. The summed E-state index contributed by atoms with van der Waals surface area (Å²) in [5.74, 6) is 0.758. The van der Waals surface area contributed by atoms with Gasteiger partial charge in [0.25, 0.3) is 11.5 Å². The van der Waals surface area contributed by atoms with Crippen molar-refractivity contribution < 1.29 is 14.3 Å². The van der Waals surface area contributed by atoms with Crippen LogP contribution < -0.4 is 20.3 Å². The van der Waals surface area contributed by atoms with Crippen molar-refractivity contribution in [3.63, 3.8) is 0 Å². The van der Waals surface area contributed by atoms with Gasteiger partial charge in [-0.25, -0.2) is 4.68 Å². The summed E-state index contributed by atoms with van der Waals surface area (Å²) in [5, 5.41) is 7.89. The van der Waals surface area contributed by atoms with E-state index < -0.39 is 5.91 Å². The Morgan fingerprint density at radius 3 is 2.54 bits per heavy atom. The monoisotopic (exact) mass is 415 g/mol. The van der Waals surface area contributed by atoms with Crippen molar-refractivity contribution in [1.29, 1.82) is 0 Å². The van der Waals surface area contributed by atoms with Gasteiger partial charge in [0.2, 0.25) is 0 Å². The molecular weight excluding hydrogens is 402 g/mol. The summed E-state index contributed by atoms with van der Waals surface area (Å²) >= 11 is 3.43. The first-order chi connectivity index (χ1) is 12.5. The van der Waals surface area contributed by atoms with Crippen molar-refractivity contribution in [2.75, 3.05) is 18.5 Å². The maximum Gasteiger partial charge on any atom is 0.276 e. The molecule has 4 rings (SSSR count). The quantitative estimate of drug-likeness (QED) is 0.695. The van der Waals surface area contributed by atoms with E-state index in [0.717, 1.165) is 4.68 Å². The minimum Gasteiger partial charge on any atom is -0.486 e. The van der Waals surface area contributed by atoms with Crippen LogP contribution in [-0.4, -0.2) is 28.9 Å². The lowest BCUT2D eigenvalue weighted by atomic mass is 10.1. The van der Waals surface area contributed by atoms with E-state index in [-0.39, 0.29) is 11.3 Å². The zero-order valence-corrected chi connectivity index (χ0v) is 15.4. The molecule has 0 aliphatic carbocycles. The predicted octanol–water partition coefficient (Wildman–Crippen LogP) is 2.72. The highest BCUT2D eigenvalue weighted by Gasteiger charge is 2.19. The lowest BCUT2D eigenvalue weighted by Crippen LogP contribution is -2.25. The molecule has 2 aromatic carbocycles. The Morgan fingerprint density at radius 2 is 1.81 bits per heavy atom. The van der Waals surface area contributed by atoms with Crippen LogP contribution in [0.5, 0.6) is 11.5 Å². The molecule has 0 spiro atoms. The first-order valence-electron chi connectivity index (χ1n) is 7.91. The molecule has 8 heteroatoms. The zero-order valence-electron chi connectivity index (χ0n) is 13.8. The van der Waals surface area contributed by atoms with E-state index in [4.69, 9.17) is 9.47 Å². The van der Waals surface area contributed by atoms with Crippen LogP contribution >= 0.6 is 15.9 Å². The van der Waals surface area contributed by atoms with E-state index >= 15 is 0 Å². The average molecular weight is 416 g/mol. The first-order valence-corrected chi connectivity index (χ1v) is 8.70.